The molecule has 0 radical (unpaired) electrons. The summed E-state index contributed by atoms with van der Waals surface area (Å²) < 4.78 is 26.2. The topological polar surface area (TPSA) is 49.3 Å². The van der Waals surface area contributed by atoms with Gasteiger partial charge in [-0.3, -0.25) is 4.79 Å². The van der Waals surface area contributed by atoms with Gasteiger partial charge in [0.15, 0.2) is 0 Å². The molecule has 0 spiro atoms. The van der Waals surface area contributed by atoms with Crippen molar-refractivity contribution in [2.75, 3.05) is 13.2 Å². The number of aliphatic hydroxyl groups is 1. The van der Waals surface area contributed by atoms with Crippen LogP contribution < -0.4 is 5.32 Å². The summed E-state index contributed by atoms with van der Waals surface area (Å²) in [6, 6.07) is 1.49. The maximum atomic E-state index is 13.2. The van der Waals surface area contributed by atoms with Gasteiger partial charge in [-0.1, -0.05) is 11.6 Å². The van der Waals surface area contributed by atoms with Gasteiger partial charge in [0.05, 0.1) is 10.6 Å². The van der Waals surface area contributed by atoms with Crippen molar-refractivity contribution < 1.29 is 18.7 Å². The van der Waals surface area contributed by atoms with E-state index in [2.05, 4.69) is 5.32 Å². The van der Waals surface area contributed by atoms with Gasteiger partial charge in [0.2, 0.25) is 0 Å². The third-order valence-corrected chi connectivity index (χ3v) is 2.16. The summed E-state index contributed by atoms with van der Waals surface area (Å²) in [5, 5.41) is 10.4. The summed E-state index contributed by atoms with van der Waals surface area (Å²) >= 11 is 5.34. The van der Waals surface area contributed by atoms with Gasteiger partial charge in [0, 0.05) is 13.2 Å². The van der Waals surface area contributed by atoms with Gasteiger partial charge in [-0.05, 0) is 18.6 Å². The predicted octanol–water partition coefficient (Wildman–Crippen LogP) is 1.73. The molecule has 0 atom stereocenters. The molecule has 1 amide bonds. The maximum Gasteiger partial charge on any atom is 0.254 e. The van der Waals surface area contributed by atoms with E-state index in [9.17, 15) is 13.6 Å². The van der Waals surface area contributed by atoms with Crippen LogP contribution in [0.1, 0.15) is 16.8 Å². The van der Waals surface area contributed by atoms with E-state index in [0.717, 1.165) is 12.1 Å². The SMILES string of the molecule is O=C(NCCCO)c1cc(F)c(Cl)cc1F. The number of halogens is 3. The first-order chi connectivity index (χ1) is 7.56. The highest BCUT2D eigenvalue weighted by Gasteiger charge is 2.14. The molecule has 16 heavy (non-hydrogen) atoms. The minimum Gasteiger partial charge on any atom is -0.396 e. The van der Waals surface area contributed by atoms with Crippen LogP contribution in [-0.2, 0) is 0 Å². The summed E-state index contributed by atoms with van der Waals surface area (Å²) in [5.74, 6) is -2.47. The van der Waals surface area contributed by atoms with Gasteiger partial charge >= 0.3 is 0 Å². The number of benzene rings is 1. The smallest absolute Gasteiger partial charge is 0.254 e. The Morgan fingerprint density at radius 3 is 2.69 bits per heavy atom. The van der Waals surface area contributed by atoms with Crippen molar-refractivity contribution in [1.82, 2.24) is 5.32 Å². The number of carbonyl (C=O) groups excluding carboxylic acids is 1. The quantitative estimate of drug-likeness (QED) is 0.631. The van der Waals surface area contributed by atoms with Gasteiger partial charge in [-0.25, -0.2) is 8.78 Å². The predicted molar refractivity (Wildman–Crippen MR) is 55.4 cm³/mol. The Balaban J connectivity index is 2.79. The van der Waals surface area contributed by atoms with E-state index in [1.54, 1.807) is 0 Å². The molecule has 0 aromatic heterocycles. The highest BCUT2D eigenvalue weighted by Crippen LogP contribution is 2.19. The second-order valence-electron chi connectivity index (χ2n) is 3.08. The number of amides is 1. The monoisotopic (exact) mass is 249 g/mol. The average molecular weight is 250 g/mol. The molecule has 0 heterocycles. The summed E-state index contributed by atoms with van der Waals surface area (Å²) in [4.78, 5) is 11.4. The molecule has 6 heteroatoms. The van der Waals surface area contributed by atoms with Crippen LogP contribution in [0.15, 0.2) is 12.1 Å². The number of carbonyl (C=O) groups is 1. The normalized spacial score (nSPS) is 10.2. The first kappa shape index (κ1) is 12.9. The van der Waals surface area contributed by atoms with E-state index in [1.807, 2.05) is 0 Å². The lowest BCUT2D eigenvalue weighted by Crippen LogP contribution is -2.26. The van der Waals surface area contributed by atoms with Gasteiger partial charge in [0.1, 0.15) is 11.6 Å². The molecule has 0 aliphatic heterocycles. The van der Waals surface area contributed by atoms with Crippen LogP contribution in [0.25, 0.3) is 0 Å². The standard InChI is InChI=1S/C10H10ClF2NO2/c11-7-5-8(12)6(4-9(7)13)10(16)14-2-1-3-15/h4-5,15H,1-3H2,(H,14,16). The third-order valence-electron chi connectivity index (χ3n) is 1.88. The second-order valence-corrected chi connectivity index (χ2v) is 3.49. The summed E-state index contributed by atoms with van der Waals surface area (Å²) in [6.07, 6.45) is 0.351. The van der Waals surface area contributed by atoms with Gasteiger partial charge in [-0.2, -0.15) is 0 Å². The zero-order valence-electron chi connectivity index (χ0n) is 8.27. The number of aliphatic hydroxyl groups excluding tert-OH is 1. The third kappa shape index (κ3) is 3.15. The Labute approximate surface area is 96.0 Å². The fourth-order valence-corrected chi connectivity index (χ4v) is 1.22. The Hall–Kier alpha value is -1.20. The molecule has 0 saturated carbocycles. The molecule has 88 valence electrons. The highest BCUT2D eigenvalue weighted by molar-refractivity contribution is 6.30. The molecule has 0 aliphatic rings. The van der Waals surface area contributed by atoms with E-state index < -0.39 is 23.1 Å². The average Bonchev–Trinajstić information content (AvgIpc) is 2.23. The second kappa shape index (κ2) is 5.77. The lowest BCUT2D eigenvalue weighted by molar-refractivity contribution is 0.0946. The van der Waals surface area contributed by atoms with Crippen LogP contribution in [0.5, 0.6) is 0 Å². The molecule has 1 aromatic rings. The van der Waals surface area contributed by atoms with Crippen molar-refractivity contribution in [2.45, 2.75) is 6.42 Å². The van der Waals surface area contributed by atoms with Crippen molar-refractivity contribution in [1.29, 1.82) is 0 Å². The van der Waals surface area contributed by atoms with Crippen molar-refractivity contribution in [3.05, 3.63) is 34.4 Å². The van der Waals surface area contributed by atoms with Crippen molar-refractivity contribution in [2.24, 2.45) is 0 Å². The van der Waals surface area contributed by atoms with E-state index >= 15 is 0 Å². The fraction of sp³-hybridized carbons (Fsp3) is 0.300. The van der Waals surface area contributed by atoms with Gasteiger partial charge in [0.25, 0.3) is 5.91 Å². The van der Waals surface area contributed by atoms with Crippen molar-refractivity contribution >= 4 is 17.5 Å². The first-order valence-corrected chi connectivity index (χ1v) is 4.97. The van der Waals surface area contributed by atoms with E-state index in [0.29, 0.717) is 6.42 Å². The van der Waals surface area contributed by atoms with Crippen LogP contribution in [0.2, 0.25) is 5.02 Å². The lowest BCUT2D eigenvalue weighted by atomic mass is 10.2. The molecule has 0 aliphatic carbocycles. The van der Waals surface area contributed by atoms with E-state index in [1.165, 1.54) is 0 Å². The largest absolute Gasteiger partial charge is 0.396 e. The van der Waals surface area contributed by atoms with Crippen LogP contribution >= 0.6 is 11.6 Å². The van der Waals surface area contributed by atoms with Crippen molar-refractivity contribution in [3.8, 4) is 0 Å². The Kier molecular flexibility index (Phi) is 4.64. The van der Waals surface area contributed by atoms with Crippen LogP contribution in [0.4, 0.5) is 8.78 Å². The first-order valence-electron chi connectivity index (χ1n) is 4.60. The molecule has 0 fully saturated rings. The van der Waals surface area contributed by atoms with Gasteiger partial charge < -0.3 is 10.4 Å². The summed E-state index contributed by atoms with van der Waals surface area (Å²) in [5.41, 5.74) is -0.403. The van der Waals surface area contributed by atoms with E-state index in [4.69, 9.17) is 16.7 Å². The van der Waals surface area contributed by atoms with Crippen molar-refractivity contribution in [3.63, 3.8) is 0 Å². The zero-order chi connectivity index (χ0) is 12.1. The minimum atomic E-state index is -0.882. The Bertz CT molecular complexity index is 399. The lowest BCUT2D eigenvalue weighted by Gasteiger charge is -2.06. The number of hydrogen-bond donors (Lipinski definition) is 2. The molecule has 2 N–H and O–H groups in total. The minimum absolute atomic E-state index is 0.0856. The maximum absolute atomic E-state index is 13.2. The number of hydrogen-bond acceptors (Lipinski definition) is 2. The Morgan fingerprint density at radius 2 is 2.06 bits per heavy atom. The molecule has 1 rings (SSSR count). The molecule has 0 unspecified atom stereocenters. The fourth-order valence-electron chi connectivity index (χ4n) is 1.07. The molecule has 3 nitrogen and oxygen atoms in total. The number of nitrogens with one attached hydrogen (secondary N) is 1. The van der Waals surface area contributed by atoms with Gasteiger partial charge in [-0.15, -0.1) is 0 Å². The molecule has 0 saturated heterocycles. The highest BCUT2D eigenvalue weighted by atomic mass is 35.5. The summed E-state index contributed by atoms with van der Waals surface area (Å²) in [7, 11) is 0. The van der Waals surface area contributed by atoms with Crippen LogP contribution in [-0.4, -0.2) is 24.2 Å². The summed E-state index contributed by atoms with van der Waals surface area (Å²) in [6.45, 7) is 0.108. The van der Waals surface area contributed by atoms with Crippen LogP contribution in [0, 0.1) is 11.6 Å². The zero-order valence-corrected chi connectivity index (χ0v) is 9.02. The van der Waals surface area contributed by atoms with Crippen LogP contribution in [0.3, 0.4) is 0 Å². The molecule has 0 bridgehead atoms. The number of rotatable bonds is 4. The Morgan fingerprint density at radius 1 is 1.38 bits per heavy atom. The molecular formula is C10H10ClF2NO2. The molecule has 1 aromatic carbocycles. The molecular weight excluding hydrogens is 240 g/mol. The van der Waals surface area contributed by atoms with E-state index in [-0.39, 0.29) is 18.2 Å².